The van der Waals surface area contributed by atoms with Crippen LogP contribution >= 0.6 is 0 Å². The third-order valence-corrected chi connectivity index (χ3v) is 2.41. The van der Waals surface area contributed by atoms with Crippen LogP contribution in [0, 0.1) is 5.41 Å². The first-order chi connectivity index (χ1) is 7.95. The van der Waals surface area contributed by atoms with Gasteiger partial charge in [-0.05, 0) is 13.0 Å². The van der Waals surface area contributed by atoms with Crippen molar-refractivity contribution < 1.29 is 9.53 Å². The lowest BCUT2D eigenvalue weighted by molar-refractivity contribution is -0.123. The van der Waals surface area contributed by atoms with E-state index in [1.807, 2.05) is 52.0 Å². The largest absolute Gasteiger partial charge is 0.377 e. The smallest absolute Gasteiger partial charge is 0.229 e. The highest BCUT2D eigenvalue weighted by molar-refractivity contribution is 5.95. The molecule has 3 nitrogen and oxygen atoms in total. The van der Waals surface area contributed by atoms with Crippen molar-refractivity contribution in [2.24, 2.45) is 5.41 Å². The van der Waals surface area contributed by atoms with Gasteiger partial charge in [-0.3, -0.25) is 4.79 Å². The Kier molecular flexibility index (Phi) is 4.70. The lowest BCUT2D eigenvalue weighted by atomic mass is 9.95. The maximum Gasteiger partial charge on any atom is 0.229 e. The van der Waals surface area contributed by atoms with Crippen LogP contribution in [-0.2, 0) is 16.1 Å². The van der Waals surface area contributed by atoms with Crippen molar-refractivity contribution in [3.8, 4) is 0 Å². The Morgan fingerprint density at radius 2 is 1.94 bits per heavy atom. The van der Waals surface area contributed by atoms with Crippen LogP contribution in [0.2, 0.25) is 0 Å². The first-order valence-electron chi connectivity index (χ1n) is 5.92. The summed E-state index contributed by atoms with van der Waals surface area (Å²) in [4.78, 5) is 11.9. The average molecular weight is 235 g/mol. The number of hydrogen-bond acceptors (Lipinski definition) is 2. The Bertz CT molecular complexity index is 380. The lowest BCUT2D eigenvalue weighted by Gasteiger charge is -2.19. The van der Waals surface area contributed by atoms with E-state index >= 15 is 0 Å². The third-order valence-electron chi connectivity index (χ3n) is 2.41. The maximum atomic E-state index is 11.9. The molecule has 0 saturated heterocycles. The predicted octanol–water partition coefficient (Wildman–Crippen LogP) is 3.21. The normalized spacial score (nSPS) is 11.3. The molecule has 0 atom stereocenters. The fourth-order valence-corrected chi connectivity index (χ4v) is 1.29. The van der Waals surface area contributed by atoms with Crippen molar-refractivity contribution in [3.05, 3.63) is 29.8 Å². The molecule has 0 aliphatic carbocycles. The van der Waals surface area contributed by atoms with E-state index in [4.69, 9.17) is 4.74 Å². The summed E-state index contributed by atoms with van der Waals surface area (Å²) in [5.41, 5.74) is 1.45. The van der Waals surface area contributed by atoms with E-state index in [0.717, 1.165) is 11.3 Å². The number of rotatable bonds is 4. The van der Waals surface area contributed by atoms with Crippen LogP contribution < -0.4 is 5.32 Å². The topological polar surface area (TPSA) is 38.3 Å². The van der Waals surface area contributed by atoms with E-state index in [1.54, 1.807) is 0 Å². The highest BCUT2D eigenvalue weighted by atomic mass is 16.5. The minimum Gasteiger partial charge on any atom is -0.377 e. The molecule has 0 fully saturated rings. The van der Waals surface area contributed by atoms with E-state index in [0.29, 0.717) is 13.2 Å². The Morgan fingerprint density at radius 1 is 1.29 bits per heavy atom. The maximum absolute atomic E-state index is 11.9. The second kappa shape index (κ2) is 5.82. The highest BCUT2D eigenvalue weighted by Crippen LogP contribution is 2.20. The summed E-state index contributed by atoms with van der Waals surface area (Å²) in [6.45, 7) is 8.84. The van der Waals surface area contributed by atoms with Gasteiger partial charge in [0.25, 0.3) is 0 Å². The molecule has 0 bridgehead atoms. The molecule has 1 aromatic carbocycles. The molecular formula is C14H21NO2. The van der Waals surface area contributed by atoms with Crippen molar-refractivity contribution in [1.29, 1.82) is 0 Å². The molecular weight excluding hydrogens is 214 g/mol. The first kappa shape index (κ1) is 13.7. The standard InChI is InChI=1S/C14H21NO2/c1-5-17-10-11-8-6-7-9-12(11)15-13(16)14(2,3)4/h6-9H,5,10H2,1-4H3,(H,15,16). The van der Waals surface area contributed by atoms with Gasteiger partial charge in [0.1, 0.15) is 0 Å². The molecule has 1 aromatic rings. The molecule has 0 spiro atoms. The quantitative estimate of drug-likeness (QED) is 0.870. The molecule has 0 aliphatic rings. The molecule has 0 aliphatic heterocycles. The lowest BCUT2D eigenvalue weighted by Crippen LogP contribution is -2.28. The van der Waals surface area contributed by atoms with Crippen LogP contribution in [0.5, 0.6) is 0 Å². The average Bonchev–Trinajstić information content (AvgIpc) is 2.26. The van der Waals surface area contributed by atoms with Crippen molar-refractivity contribution in [2.45, 2.75) is 34.3 Å². The summed E-state index contributed by atoms with van der Waals surface area (Å²) >= 11 is 0. The fraction of sp³-hybridized carbons (Fsp3) is 0.500. The number of nitrogens with one attached hydrogen (secondary N) is 1. The summed E-state index contributed by atoms with van der Waals surface area (Å²) in [7, 11) is 0. The van der Waals surface area contributed by atoms with Crippen LogP contribution in [0.1, 0.15) is 33.3 Å². The van der Waals surface area contributed by atoms with Crippen LogP contribution in [0.3, 0.4) is 0 Å². The minimum absolute atomic E-state index is 0.0152. The van der Waals surface area contributed by atoms with E-state index in [-0.39, 0.29) is 5.91 Å². The number of hydrogen-bond donors (Lipinski definition) is 1. The Hall–Kier alpha value is -1.35. The highest BCUT2D eigenvalue weighted by Gasteiger charge is 2.21. The summed E-state index contributed by atoms with van der Waals surface area (Å²) < 4.78 is 5.38. The van der Waals surface area contributed by atoms with Crippen LogP contribution in [0.25, 0.3) is 0 Å². The summed E-state index contributed by atoms with van der Waals surface area (Å²) in [5, 5.41) is 2.94. The van der Waals surface area contributed by atoms with Gasteiger partial charge in [-0.25, -0.2) is 0 Å². The third kappa shape index (κ3) is 4.19. The number of anilines is 1. The number of carbonyl (C=O) groups excluding carboxylic acids is 1. The van der Waals surface area contributed by atoms with Gasteiger partial charge in [0.15, 0.2) is 0 Å². The molecule has 1 amide bonds. The van der Waals surface area contributed by atoms with Crippen LogP contribution in [0.15, 0.2) is 24.3 Å². The first-order valence-corrected chi connectivity index (χ1v) is 5.92. The van der Waals surface area contributed by atoms with E-state index in [9.17, 15) is 4.79 Å². The Balaban J connectivity index is 2.80. The van der Waals surface area contributed by atoms with Gasteiger partial charge in [0.05, 0.1) is 6.61 Å². The minimum atomic E-state index is -0.390. The van der Waals surface area contributed by atoms with Gasteiger partial charge < -0.3 is 10.1 Å². The molecule has 17 heavy (non-hydrogen) atoms. The van der Waals surface area contributed by atoms with Crippen molar-refractivity contribution in [1.82, 2.24) is 0 Å². The van der Waals surface area contributed by atoms with Crippen molar-refractivity contribution in [2.75, 3.05) is 11.9 Å². The number of amides is 1. The summed E-state index contributed by atoms with van der Waals surface area (Å²) in [6, 6.07) is 7.72. The van der Waals surface area contributed by atoms with E-state index < -0.39 is 5.41 Å². The molecule has 3 heteroatoms. The molecule has 0 heterocycles. The van der Waals surface area contributed by atoms with Crippen LogP contribution in [0.4, 0.5) is 5.69 Å². The van der Waals surface area contributed by atoms with E-state index in [1.165, 1.54) is 0 Å². The number of para-hydroxylation sites is 1. The molecule has 0 radical (unpaired) electrons. The van der Waals surface area contributed by atoms with Gasteiger partial charge in [0, 0.05) is 23.3 Å². The second-order valence-corrected chi connectivity index (χ2v) is 5.00. The zero-order valence-corrected chi connectivity index (χ0v) is 11.0. The van der Waals surface area contributed by atoms with Crippen LogP contribution in [-0.4, -0.2) is 12.5 Å². The molecule has 0 aromatic heterocycles. The Labute approximate surface area is 103 Å². The fourth-order valence-electron chi connectivity index (χ4n) is 1.29. The van der Waals surface area contributed by atoms with Gasteiger partial charge in [0.2, 0.25) is 5.91 Å². The zero-order chi connectivity index (χ0) is 12.9. The number of benzene rings is 1. The van der Waals surface area contributed by atoms with Gasteiger partial charge in [-0.2, -0.15) is 0 Å². The molecule has 1 rings (SSSR count). The molecule has 0 saturated carbocycles. The second-order valence-electron chi connectivity index (χ2n) is 5.00. The Morgan fingerprint density at radius 3 is 2.53 bits per heavy atom. The number of carbonyl (C=O) groups is 1. The molecule has 94 valence electrons. The molecule has 1 N–H and O–H groups in total. The van der Waals surface area contributed by atoms with Crippen molar-refractivity contribution in [3.63, 3.8) is 0 Å². The van der Waals surface area contributed by atoms with Gasteiger partial charge in [-0.15, -0.1) is 0 Å². The van der Waals surface area contributed by atoms with Crippen molar-refractivity contribution >= 4 is 11.6 Å². The van der Waals surface area contributed by atoms with E-state index in [2.05, 4.69) is 5.32 Å². The molecule has 0 unspecified atom stereocenters. The summed E-state index contributed by atoms with van der Waals surface area (Å²) in [6.07, 6.45) is 0. The summed E-state index contributed by atoms with van der Waals surface area (Å²) in [5.74, 6) is 0.0152. The van der Waals surface area contributed by atoms with Gasteiger partial charge in [-0.1, -0.05) is 39.0 Å². The SMILES string of the molecule is CCOCc1ccccc1NC(=O)C(C)(C)C. The monoisotopic (exact) mass is 235 g/mol. The van der Waals surface area contributed by atoms with Gasteiger partial charge >= 0.3 is 0 Å². The number of ether oxygens (including phenoxy) is 1. The zero-order valence-electron chi connectivity index (χ0n) is 11.0. The predicted molar refractivity (Wildman–Crippen MR) is 69.9 cm³/mol.